The third-order valence-corrected chi connectivity index (χ3v) is 2.80. The summed E-state index contributed by atoms with van der Waals surface area (Å²) >= 11 is 0. The Bertz CT molecular complexity index is 625. The van der Waals surface area contributed by atoms with E-state index in [9.17, 15) is 0 Å². The molecule has 3 aromatic rings. The molecule has 0 amide bonds. The number of aromatic nitrogens is 2. The number of fused-ring (bicyclic) bond motifs is 1. The van der Waals surface area contributed by atoms with Crippen LogP contribution in [0.3, 0.4) is 0 Å². The van der Waals surface area contributed by atoms with E-state index >= 15 is 0 Å². The first kappa shape index (κ1) is 9.96. The topological polar surface area (TPSA) is 56.5 Å². The molecule has 0 aliphatic heterocycles. The van der Waals surface area contributed by atoms with Crippen molar-refractivity contribution in [1.29, 1.82) is 0 Å². The molecule has 0 bridgehead atoms. The number of aryl methyl sites for hydroxylation is 2. The van der Waals surface area contributed by atoms with Crippen LogP contribution in [0.2, 0.25) is 0 Å². The van der Waals surface area contributed by atoms with Crippen molar-refractivity contribution in [2.45, 2.75) is 12.8 Å². The van der Waals surface area contributed by atoms with Gasteiger partial charge in [0.2, 0.25) is 0 Å². The zero-order valence-electron chi connectivity index (χ0n) is 9.34. The molecule has 0 atom stereocenters. The van der Waals surface area contributed by atoms with Gasteiger partial charge in [0.05, 0.1) is 18.0 Å². The molecule has 0 aliphatic carbocycles. The van der Waals surface area contributed by atoms with Crippen molar-refractivity contribution in [3.63, 3.8) is 0 Å². The lowest BCUT2D eigenvalue weighted by atomic mass is 10.2. The maximum atomic E-state index is 5.78. The van der Waals surface area contributed by atoms with Crippen LogP contribution in [-0.4, -0.2) is 9.38 Å². The summed E-state index contributed by atoms with van der Waals surface area (Å²) in [5, 5.41) is 0. The highest BCUT2D eigenvalue weighted by Crippen LogP contribution is 2.12. The predicted octanol–water partition coefficient (Wildman–Crippen LogP) is 2.29. The van der Waals surface area contributed by atoms with Crippen molar-refractivity contribution in [3.8, 4) is 0 Å². The molecular weight excluding hydrogens is 214 g/mol. The molecular formula is C13H13N3O. The molecule has 0 unspecified atom stereocenters. The Kier molecular flexibility index (Phi) is 2.33. The smallest absolute Gasteiger partial charge is 0.113 e. The average Bonchev–Trinajstić information content (AvgIpc) is 2.94. The predicted molar refractivity (Wildman–Crippen MR) is 65.7 cm³/mol. The standard InChI is InChI=1S/C13H13N3O/c14-10-3-4-11-8-15-13(16(11)9-10)6-5-12-2-1-7-17-12/h1-4,7-9H,5-6,14H2. The van der Waals surface area contributed by atoms with Crippen LogP contribution in [0.15, 0.2) is 47.3 Å². The molecule has 0 saturated carbocycles. The van der Waals surface area contributed by atoms with E-state index in [1.807, 2.05) is 41.1 Å². The zero-order valence-corrected chi connectivity index (χ0v) is 9.34. The normalized spacial score (nSPS) is 11.1. The van der Waals surface area contributed by atoms with E-state index in [2.05, 4.69) is 4.98 Å². The number of furan rings is 1. The minimum absolute atomic E-state index is 0.745. The van der Waals surface area contributed by atoms with E-state index in [1.165, 1.54) is 0 Å². The monoisotopic (exact) mass is 227 g/mol. The number of imidazole rings is 1. The van der Waals surface area contributed by atoms with Crippen LogP contribution < -0.4 is 5.73 Å². The molecule has 0 fully saturated rings. The number of nitrogens with two attached hydrogens (primary N) is 1. The summed E-state index contributed by atoms with van der Waals surface area (Å²) in [6.45, 7) is 0. The fourth-order valence-corrected chi connectivity index (χ4v) is 1.93. The number of rotatable bonds is 3. The molecule has 2 N–H and O–H groups in total. The Morgan fingerprint density at radius 1 is 1.24 bits per heavy atom. The lowest BCUT2D eigenvalue weighted by molar-refractivity contribution is 0.506. The van der Waals surface area contributed by atoms with Gasteiger partial charge in [0, 0.05) is 24.7 Å². The number of anilines is 1. The number of nitrogen functional groups attached to an aromatic ring is 1. The van der Waals surface area contributed by atoms with Crippen molar-refractivity contribution in [3.05, 3.63) is 54.5 Å². The number of hydrogen-bond donors (Lipinski definition) is 1. The molecule has 0 radical (unpaired) electrons. The van der Waals surface area contributed by atoms with Crippen LogP contribution in [0.4, 0.5) is 5.69 Å². The van der Waals surface area contributed by atoms with Crippen LogP contribution in [0.5, 0.6) is 0 Å². The van der Waals surface area contributed by atoms with Gasteiger partial charge in [0.1, 0.15) is 11.6 Å². The van der Waals surface area contributed by atoms with Crippen LogP contribution in [-0.2, 0) is 12.8 Å². The van der Waals surface area contributed by atoms with E-state index in [0.717, 1.165) is 35.6 Å². The van der Waals surface area contributed by atoms with Crippen molar-refractivity contribution in [2.24, 2.45) is 0 Å². The molecule has 0 aliphatic rings. The molecule has 3 heterocycles. The summed E-state index contributed by atoms with van der Waals surface area (Å²) in [6.07, 6.45) is 7.14. The quantitative estimate of drug-likeness (QED) is 0.746. The third-order valence-electron chi connectivity index (χ3n) is 2.80. The van der Waals surface area contributed by atoms with Gasteiger partial charge in [-0.3, -0.25) is 0 Å². The zero-order chi connectivity index (χ0) is 11.7. The summed E-state index contributed by atoms with van der Waals surface area (Å²) in [5.41, 5.74) is 7.58. The van der Waals surface area contributed by atoms with Crippen LogP contribution in [0.25, 0.3) is 5.52 Å². The van der Waals surface area contributed by atoms with E-state index in [1.54, 1.807) is 6.26 Å². The summed E-state index contributed by atoms with van der Waals surface area (Å²) < 4.78 is 7.33. The first-order chi connectivity index (χ1) is 8.33. The van der Waals surface area contributed by atoms with Gasteiger partial charge in [0.15, 0.2) is 0 Å². The Hall–Kier alpha value is -2.23. The molecule has 86 valence electrons. The minimum Gasteiger partial charge on any atom is -0.469 e. The Labute approximate surface area is 98.7 Å². The first-order valence-corrected chi connectivity index (χ1v) is 5.57. The molecule has 0 saturated heterocycles. The van der Waals surface area contributed by atoms with Crippen LogP contribution >= 0.6 is 0 Å². The highest BCUT2D eigenvalue weighted by atomic mass is 16.3. The molecule has 0 spiro atoms. The van der Waals surface area contributed by atoms with Gasteiger partial charge in [-0.05, 0) is 24.3 Å². The van der Waals surface area contributed by atoms with Gasteiger partial charge in [-0.2, -0.15) is 0 Å². The number of nitrogens with zero attached hydrogens (tertiary/aromatic N) is 2. The second-order valence-corrected chi connectivity index (χ2v) is 4.01. The van der Waals surface area contributed by atoms with E-state index in [4.69, 9.17) is 10.2 Å². The van der Waals surface area contributed by atoms with E-state index in [0.29, 0.717) is 0 Å². The third kappa shape index (κ3) is 1.89. The maximum Gasteiger partial charge on any atom is 0.113 e. The van der Waals surface area contributed by atoms with Crippen molar-refractivity contribution >= 4 is 11.2 Å². The molecule has 4 nitrogen and oxygen atoms in total. The number of pyridine rings is 1. The van der Waals surface area contributed by atoms with Gasteiger partial charge in [-0.1, -0.05) is 0 Å². The fraction of sp³-hybridized carbons (Fsp3) is 0.154. The largest absolute Gasteiger partial charge is 0.469 e. The molecule has 4 heteroatoms. The lowest BCUT2D eigenvalue weighted by Crippen LogP contribution is -1.98. The fourth-order valence-electron chi connectivity index (χ4n) is 1.93. The molecule has 0 aromatic carbocycles. The van der Waals surface area contributed by atoms with E-state index in [-0.39, 0.29) is 0 Å². The molecule has 3 rings (SSSR count). The van der Waals surface area contributed by atoms with Crippen molar-refractivity contribution in [2.75, 3.05) is 5.73 Å². The highest BCUT2D eigenvalue weighted by molar-refractivity contribution is 5.52. The van der Waals surface area contributed by atoms with Crippen LogP contribution in [0, 0.1) is 0 Å². The van der Waals surface area contributed by atoms with Crippen molar-refractivity contribution < 1.29 is 4.42 Å². The second kappa shape index (κ2) is 3.97. The summed E-state index contributed by atoms with van der Waals surface area (Å²) in [4.78, 5) is 4.40. The Morgan fingerprint density at radius 2 is 2.18 bits per heavy atom. The summed E-state index contributed by atoms with van der Waals surface area (Å²) in [6, 6.07) is 7.73. The molecule has 3 aromatic heterocycles. The second-order valence-electron chi connectivity index (χ2n) is 4.01. The SMILES string of the molecule is Nc1ccc2cnc(CCc3ccco3)n2c1. The average molecular weight is 227 g/mol. The van der Waals surface area contributed by atoms with E-state index < -0.39 is 0 Å². The van der Waals surface area contributed by atoms with Crippen LogP contribution in [0.1, 0.15) is 11.6 Å². The summed E-state index contributed by atoms with van der Waals surface area (Å²) in [7, 11) is 0. The lowest BCUT2D eigenvalue weighted by Gasteiger charge is -2.01. The number of hydrogen-bond acceptors (Lipinski definition) is 3. The molecule has 17 heavy (non-hydrogen) atoms. The highest BCUT2D eigenvalue weighted by Gasteiger charge is 2.05. The van der Waals surface area contributed by atoms with Gasteiger partial charge in [-0.15, -0.1) is 0 Å². The van der Waals surface area contributed by atoms with Gasteiger partial charge >= 0.3 is 0 Å². The minimum atomic E-state index is 0.745. The summed E-state index contributed by atoms with van der Waals surface area (Å²) in [5.74, 6) is 1.98. The maximum absolute atomic E-state index is 5.78. The first-order valence-electron chi connectivity index (χ1n) is 5.57. The Balaban J connectivity index is 1.87. The van der Waals surface area contributed by atoms with Gasteiger partial charge in [-0.25, -0.2) is 4.98 Å². The Morgan fingerprint density at radius 3 is 3.00 bits per heavy atom. The van der Waals surface area contributed by atoms with Crippen molar-refractivity contribution in [1.82, 2.24) is 9.38 Å². The van der Waals surface area contributed by atoms with Gasteiger partial charge < -0.3 is 14.6 Å². The van der Waals surface area contributed by atoms with Gasteiger partial charge in [0.25, 0.3) is 0 Å².